The van der Waals surface area contributed by atoms with E-state index in [1.807, 2.05) is 0 Å². The monoisotopic (exact) mass is 696 g/mol. The van der Waals surface area contributed by atoms with Crippen molar-refractivity contribution in [2.24, 2.45) is 5.92 Å². The van der Waals surface area contributed by atoms with Crippen LogP contribution in [0.5, 0.6) is 0 Å². The molecule has 0 aliphatic heterocycles. The number of aromatic carboxylic acids is 2. The molecule has 50 heavy (non-hydrogen) atoms. The number of amides is 2. The maximum Gasteiger partial charge on any atom is 0.475 e. The molecule has 266 valence electrons. The number of carbonyl (C=O) groups is 4. The number of halogens is 2. The largest absolute Gasteiger partial charge is 0.478 e. The maximum atomic E-state index is 13.6. The fraction of sp³-hybridized carbons (Fsp3) is 0.353. The molecule has 3 aromatic carbocycles. The molecule has 12 nitrogen and oxygen atoms in total. The second-order valence-corrected chi connectivity index (χ2v) is 12.2. The van der Waals surface area contributed by atoms with Crippen LogP contribution in [0.4, 0.5) is 8.78 Å². The Bertz CT molecular complexity index is 1620. The normalized spacial score (nSPS) is 14.0. The number of hydrogen-bond donors (Lipinski definition) is 8. The second-order valence-electron chi connectivity index (χ2n) is 12.2. The van der Waals surface area contributed by atoms with Gasteiger partial charge in [-0.15, -0.1) is 0 Å². The van der Waals surface area contributed by atoms with E-state index in [0.717, 1.165) is 43.9 Å². The standard InChI is InChI=1S/C17H16BF2NO5.C17H24BNO5/c19-13-4-5-14(20)12(8-13)9-16(22)21-15(18(25)26)7-10-2-1-3-11(6-10)17(23)24;20-16(11-12-5-2-1-3-6-12)19-15(18(23)24)10-13-7-4-8-14(9-13)17(21)22/h1-6,8,15,25-26H,7,9H2,(H,21,22)(H,23,24);4,7-9,12,15,23-24H,1-3,5-6,10-11H2,(H,19,20)(H,21,22). The van der Waals surface area contributed by atoms with Crippen LogP contribution in [0.1, 0.15) is 75.9 Å². The first kappa shape index (κ1) is 39.8. The highest BCUT2D eigenvalue weighted by Crippen LogP contribution is 2.26. The van der Waals surface area contributed by atoms with E-state index in [-0.39, 0.29) is 35.4 Å². The van der Waals surface area contributed by atoms with Gasteiger partial charge in [0.05, 0.1) is 29.4 Å². The molecule has 1 aliphatic rings. The summed E-state index contributed by atoms with van der Waals surface area (Å²) in [7, 11) is -3.63. The van der Waals surface area contributed by atoms with Gasteiger partial charge in [-0.1, -0.05) is 43.5 Å². The Morgan fingerprint density at radius 3 is 1.68 bits per heavy atom. The van der Waals surface area contributed by atoms with Crippen LogP contribution in [-0.4, -0.2) is 80.2 Å². The third-order valence-corrected chi connectivity index (χ3v) is 8.23. The maximum absolute atomic E-state index is 13.6. The van der Waals surface area contributed by atoms with Crippen LogP contribution >= 0.6 is 0 Å². The van der Waals surface area contributed by atoms with E-state index in [4.69, 9.17) is 10.2 Å². The Morgan fingerprint density at radius 1 is 0.700 bits per heavy atom. The molecular weight excluding hydrogens is 656 g/mol. The minimum atomic E-state index is -1.93. The van der Waals surface area contributed by atoms with Gasteiger partial charge in [-0.25, -0.2) is 18.4 Å². The molecule has 0 saturated heterocycles. The van der Waals surface area contributed by atoms with Gasteiger partial charge < -0.3 is 40.9 Å². The van der Waals surface area contributed by atoms with Gasteiger partial charge in [-0.3, -0.25) is 9.59 Å². The van der Waals surface area contributed by atoms with Crippen molar-refractivity contribution < 1.29 is 58.3 Å². The van der Waals surface area contributed by atoms with Crippen molar-refractivity contribution in [1.82, 2.24) is 10.6 Å². The predicted molar refractivity (Wildman–Crippen MR) is 180 cm³/mol. The summed E-state index contributed by atoms with van der Waals surface area (Å²) in [6.45, 7) is 0. The van der Waals surface area contributed by atoms with Crippen LogP contribution in [0.25, 0.3) is 0 Å². The molecule has 2 amide bonds. The van der Waals surface area contributed by atoms with Crippen LogP contribution in [0.3, 0.4) is 0 Å². The van der Waals surface area contributed by atoms with E-state index in [2.05, 4.69) is 10.6 Å². The third-order valence-electron chi connectivity index (χ3n) is 8.23. The number of benzene rings is 3. The average molecular weight is 696 g/mol. The van der Waals surface area contributed by atoms with E-state index in [1.54, 1.807) is 18.2 Å². The first-order chi connectivity index (χ1) is 23.7. The molecule has 1 saturated carbocycles. The molecule has 0 aromatic heterocycles. The molecule has 0 spiro atoms. The van der Waals surface area contributed by atoms with Gasteiger partial charge in [0.25, 0.3) is 0 Å². The van der Waals surface area contributed by atoms with Crippen LogP contribution in [0.15, 0.2) is 66.7 Å². The molecule has 4 rings (SSSR count). The summed E-state index contributed by atoms with van der Waals surface area (Å²) in [5.74, 6) is -6.19. The Hall–Kier alpha value is -4.63. The lowest BCUT2D eigenvalue weighted by atomic mass is 9.75. The topological polar surface area (TPSA) is 214 Å². The summed E-state index contributed by atoms with van der Waals surface area (Å²) in [6.07, 6.45) is 5.61. The molecule has 1 fully saturated rings. The molecule has 0 heterocycles. The molecule has 3 aromatic rings. The van der Waals surface area contributed by atoms with Crippen LogP contribution in [0.2, 0.25) is 0 Å². The molecular formula is C34H40B2F2N2O10. The lowest BCUT2D eigenvalue weighted by molar-refractivity contribution is -0.123. The van der Waals surface area contributed by atoms with Crippen LogP contribution < -0.4 is 10.6 Å². The van der Waals surface area contributed by atoms with E-state index in [9.17, 15) is 48.1 Å². The van der Waals surface area contributed by atoms with Gasteiger partial charge in [-0.2, -0.15) is 0 Å². The highest BCUT2D eigenvalue weighted by Gasteiger charge is 2.28. The SMILES string of the molecule is O=C(CC1CCCCC1)NC(Cc1cccc(C(=O)O)c1)B(O)O.O=C(Cc1cc(F)ccc1F)NC(Cc1cccc(C(=O)O)c1)B(O)O. The lowest BCUT2D eigenvalue weighted by Gasteiger charge is -2.23. The van der Waals surface area contributed by atoms with Crippen molar-refractivity contribution in [1.29, 1.82) is 0 Å². The predicted octanol–water partition coefficient (Wildman–Crippen LogP) is 2.34. The number of carboxylic acid groups (broad SMARTS) is 2. The molecule has 1 aliphatic carbocycles. The van der Waals surface area contributed by atoms with E-state index in [0.29, 0.717) is 23.5 Å². The second kappa shape index (κ2) is 19.5. The van der Waals surface area contributed by atoms with Crippen molar-refractivity contribution >= 4 is 38.0 Å². The minimum absolute atomic E-state index is 0.0156. The van der Waals surface area contributed by atoms with Gasteiger partial charge in [-0.05, 0) is 85.2 Å². The number of carboxylic acids is 2. The molecule has 2 unspecified atom stereocenters. The minimum Gasteiger partial charge on any atom is -0.478 e. The molecule has 0 bridgehead atoms. The van der Waals surface area contributed by atoms with Gasteiger partial charge in [0.1, 0.15) is 11.6 Å². The summed E-state index contributed by atoms with van der Waals surface area (Å²) < 4.78 is 26.7. The van der Waals surface area contributed by atoms with Gasteiger partial charge >= 0.3 is 26.2 Å². The average Bonchev–Trinajstić information content (AvgIpc) is 3.06. The molecule has 16 heteroatoms. The van der Waals surface area contributed by atoms with E-state index in [1.165, 1.54) is 36.8 Å². The fourth-order valence-electron chi connectivity index (χ4n) is 5.66. The van der Waals surface area contributed by atoms with Gasteiger partial charge in [0, 0.05) is 12.0 Å². The summed E-state index contributed by atoms with van der Waals surface area (Å²) >= 11 is 0. The number of rotatable bonds is 14. The van der Waals surface area contributed by atoms with Gasteiger partial charge in [0.2, 0.25) is 11.8 Å². The molecule has 8 N–H and O–H groups in total. The summed E-state index contributed by atoms with van der Waals surface area (Å²) in [4.78, 5) is 46.2. The van der Waals surface area contributed by atoms with Crippen LogP contribution in [0, 0.1) is 17.6 Å². The van der Waals surface area contributed by atoms with Crippen molar-refractivity contribution in [2.75, 3.05) is 0 Å². The summed E-state index contributed by atoms with van der Waals surface area (Å²) in [5.41, 5.74) is 1.07. The number of hydrogen-bond acceptors (Lipinski definition) is 8. The van der Waals surface area contributed by atoms with Crippen molar-refractivity contribution in [3.8, 4) is 0 Å². The summed E-state index contributed by atoms with van der Waals surface area (Å²) in [5, 5.41) is 61.0. The zero-order valence-electron chi connectivity index (χ0n) is 27.2. The van der Waals surface area contributed by atoms with Crippen molar-refractivity contribution in [3.63, 3.8) is 0 Å². The smallest absolute Gasteiger partial charge is 0.475 e. The first-order valence-electron chi connectivity index (χ1n) is 16.1. The zero-order valence-corrected chi connectivity index (χ0v) is 27.2. The first-order valence-corrected chi connectivity index (χ1v) is 16.1. The summed E-state index contributed by atoms with van der Waals surface area (Å²) in [6, 6.07) is 14.7. The Morgan fingerprint density at radius 2 is 1.20 bits per heavy atom. The molecule has 2 atom stereocenters. The van der Waals surface area contributed by atoms with Crippen molar-refractivity contribution in [3.05, 3.63) is 106 Å². The van der Waals surface area contributed by atoms with Crippen LogP contribution in [-0.2, 0) is 28.9 Å². The Kier molecular flexibility index (Phi) is 15.5. The Balaban J connectivity index is 0.000000271. The number of carbonyl (C=O) groups excluding carboxylic acids is 2. The highest BCUT2D eigenvalue weighted by atomic mass is 19.1. The zero-order chi connectivity index (χ0) is 36.8. The quantitative estimate of drug-likeness (QED) is 0.115. The van der Waals surface area contributed by atoms with E-state index < -0.39 is 62.0 Å². The lowest BCUT2D eigenvalue weighted by Crippen LogP contribution is -2.48. The number of nitrogens with one attached hydrogen (secondary N) is 2. The third kappa shape index (κ3) is 13.3. The Labute approximate surface area is 288 Å². The fourth-order valence-corrected chi connectivity index (χ4v) is 5.66. The van der Waals surface area contributed by atoms with Crippen molar-refractivity contribution in [2.45, 2.75) is 69.7 Å². The van der Waals surface area contributed by atoms with Gasteiger partial charge in [0.15, 0.2) is 0 Å². The highest BCUT2D eigenvalue weighted by molar-refractivity contribution is 6.44. The molecule has 0 radical (unpaired) electrons. The van der Waals surface area contributed by atoms with E-state index >= 15 is 0 Å².